The molecule has 2 rings (SSSR count). The molecule has 0 saturated carbocycles. The summed E-state index contributed by atoms with van der Waals surface area (Å²) in [6.45, 7) is 3.66. The van der Waals surface area contributed by atoms with Gasteiger partial charge < -0.3 is 10.0 Å². The number of carboxylic acid groups (broad SMARTS) is 1. The molecule has 1 aromatic heterocycles. The molecule has 0 fully saturated rings. The van der Waals surface area contributed by atoms with Gasteiger partial charge in [0.1, 0.15) is 0 Å². The number of rotatable bonds is 5. The molecule has 1 atom stereocenters. The number of amides is 1. The molecule has 5 nitrogen and oxygen atoms in total. The molecule has 1 aliphatic rings. The summed E-state index contributed by atoms with van der Waals surface area (Å²) in [5, 5.41) is 10.8. The molecule has 0 saturated heterocycles. The molecule has 1 amide bonds. The van der Waals surface area contributed by atoms with E-state index in [1.807, 2.05) is 11.8 Å². The van der Waals surface area contributed by atoms with Crippen LogP contribution in [0.5, 0.6) is 0 Å². The first kappa shape index (κ1) is 15.0. The van der Waals surface area contributed by atoms with Crippen molar-refractivity contribution in [3.8, 4) is 0 Å². The minimum Gasteiger partial charge on any atom is -0.481 e. The van der Waals surface area contributed by atoms with Gasteiger partial charge >= 0.3 is 5.97 Å². The SMILES string of the molecule is CC(C(=O)N1CCc2sccc2C1)N(C)CCC(=O)O. The summed E-state index contributed by atoms with van der Waals surface area (Å²) in [4.78, 5) is 28.1. The molecule has 1 aliphatic heterocycles. The number of aliphatic carboxylic acids is 1. The van der Waals surface area contributed by atoms with Crippen molar-refractivity contribution < 1.29 is 14.7 Å². The monoisotopic (exact) mass is 296 g/mol. The second-order valence-electron chi connectivity index (χ2n) is 5.18. The summed E-state index contributed by atoms with van der Waals surface area (Å²) >= 11 is 1.75. The number of likely N-dealkylation sites (N-methyl/N-ethyl adjacent to an activating group) is 1. The van der Waals surface area contributed by atoms with Crippen LogP contribution in [0.4, 0.5) is 0 Å². The molecular formula is C14H20N2O3S. The van der Waals surface area contributed by atoms with Crippen molar-refractivity contribution in [3.63, 3.8) is 0 Å². The summed E-state index contributed by atoms with van der Waals surface area (Å²) in [6.07, 6.45) is 0.979. The van der Waals surface area contributed by atoms with Crippen LogP contribution in [0.15, 0.2) is 11.4 Å². The Morgan fingerprint density at radius 3 is 3.00 bits per heavy atom. The van der Waals surface area contributed by atoms with E-state index in [0.717, 1.165) is 13.0 Å². The van der Waals surface area contributed by atoms with Gasteiger partial charge in [0, 0.05) is 24.5 Å². The molecule has 1 aromatic rings. The Morgan fingerprint density at radius 1 is 1.55 bits per heavy atom. The van der Waals surface area contributed by atoms with Crippen LogP contribution in [0.2, 0.25) is 0 Å². The topological polar surface area (TPSA) is 60.9 Å². The number of fused-ring (bicyclic) bond motifs is 1. The van der Waals surface area contributed by atoms with E-state index in [-0.39, 0.29) is 18.4 Å². The quantitative estimate of drug-likeness (QED) is 0.893. The Bertz CT molecular complexity index is 500. The third kappa shape index (κ3) is 3.37. The summed E-state index contributed by atoms with van der Waals surface area (Å²) < 4.78 is 0. The standard InChI is InChI=1S/C14H20N2O3S/c1-10(15(2)6-4-13(17)18)14(19)16-7-3-12-11(9-16)5-8-20-12/h5,8,10H,3-4,6-7,9H2,1-2H3,(H,17,18). The van der Waals surface area contributed by atoms with Crippen molar-refractivity contribution in [2.45, 2.75) is 32.4 Å². The fraction of sp³-hybridized carbons (Fsp3) is 0.571. The molecule has 1 N–H and O–H groups in total. The maximum Gasteiger partial charge on any atom is 0.304 e. The average molecular weight is 296 g/mol. The van der Waals surface area contributed by atoms with Gasteiger partial charge in [-0.3, -0.25) is 14.5 Å². The summed E-state index contributed by atoms with van der Waals surface area (Å²) in [6, 6.07) is 1.80. The van der Waals surface area contributed by atoms with Crippen molar-refractivity contribution in [2.24, 2.45) is 0 Å². The number of carbonyl (C=O) groups excluding carboxylic acids is 1. The van der Waals surface area contributed by atoms with E-state index >= 15 is 0 Å². The molecule has 0 radical (unpaired) electrons. The fourth-order valence-electron chi connectivity index (χ4n) is 2.35. The lowest BCUT2D eigenvalue weighted by molar-refractivity contribution is -0.140. The average Bonchev–Trinajstić information content (AvgIpc) is 2.90. The van der Waals surface area contributed by atoms with E-state index in [0.29, 0.717) is 13.1 Å². The highest BCUT2D eigenvalue weighted by molar-refractivity contribution is 7.10. The molecule has 110 valence electrons. The van der Waals surface area contributed by atoms with Gasteiger partial charge in [-0.05, 0) is 37.4 Å². The van der Waals surface area contributed by atoms with E-state index < -0.39 is 5.97 Å². The number of carbonyl (C=O) groups is 2. The van der Waals surface area contributed by atoms with Crippen LogP contribution in [-0.4, -0.2) is 53.0 Å². The predicted molar refractivity (Wildman–Crippen MR) is 77.8 cm³/mol. The normalized spacial score (nSPS) is 16.1. The zero-order valence-corrected chi connectivity index (χ0v) is 12.7. The maximum absolute atomic E-state index is 12.5. The van der Waals surface area contributed by atoms with Crippen molar-refractivity contribution in [3.05, 3.63) is 21.9 Å². The third-order valence-electron chi connectivity index (χ3n) is 3.82. The Kier molecular flexibility index (Phi) is 4.77. The van der Waals surface area contributed by atoms with Crippen LogP contribution in [-0.2, 0) is 22.6 Å². The summed E-state index contributed by atoms with van der Waals surface area (Å²) in [5.41, 5.74) is 1.25. The minimum atomic E-state index is -0.836. The fourth-order valence-corrected chi connectivity index (χ4v) is 3.24. The molecule has 6 heteroatoms. The lowest BCUT2D eigenvalue weighted by Crippen LogP contribution is -2.47. The van der Waals surface area contributed by atoms with Crippen LogP contribution in [0.25, 0.3) is 0 Å². The van der Waals surface area contributed by atoms with Gasteiger partial charge in [0.15, 0.2) is 0 Å². The van der Waals surface area contributed by atoms with Gasteiger partial charge in [-0.1, -0.05) is 0 Å². The van der Waals surface area contributed by atoms with Crippen molar-refractivity contribution in [2.75, 3.05) is 20.1 Å². The zero-order chi connectivity index (χ0) is 14.7. The van der Waals surface area contributed by atoms with Crippen molar-refractivity contribution in [1.82, 2.24) is 9.80 Å². The van der Waals surface area contributed by atoms with E-state index in [2.05, 4.69) is 11.4 Å². The number of hydrogen-bond acceptors (Lipinski definition) is 4. The van der Waals surface area contributed by atoms with Gasteiger partial charge in [-0.25, -0.2) is 0 Å². The van der Waals surface area contributed by atoms with E-state index in [4.69, 9.17) is 5.11 Å². The van der Waals surface area contributed by atoms with E-state index in [9.17, 15) is 9.59 Å². The van der Waals surface area contributed by atoms with Gasteiger partial charge in [0.05, 0.1) is 12.5 Å². The predicted octanol–water partition coefficient (Wildman–Crippen LogP) is 1.43. The van der Waals surface area contributed by atoms with Gasteiger partial charge in [-0.2, -0.15) is 0 Å². The van der Waals surface area contributed by atoms with Crippen LogP contribution in [0, 0.1) is 0 Å². The smallest absolute Gasteiger partial charge is 0.304 e. The number of hydrogen-bond donors (Lipinski definition) is 1. The molecule has 0 spiro atoms. The molecule has 20 heavy (non-hydrogen) atoms. The largest absolute Gasteiger partial charge is 0.481 e. The Hall–Kier alpha value is -1.40. The first-order valence-electron chi connectivity index (χ1n) is 6.75. The second kappa shape index (κ2) is 6.37. The maximum atomic E-state index is 12.5. The number of nitrogens with zero attached hydrogens (tertiary/aromatic N) is 2. The summed E-state index contributed by atoms with van der Waals surface area (Å²) in [5.74, 6) is -0.757. The molecular weight excluding hydrogens is 276 g/mol. The zero-order valence-electron chi connectivity index (χ0n) is 11.8. The van der Waals surface area contributed by atoms with Crippen molar-refractivity contribution in [1.29, 1.82) is 0 Å². The van der Waals surface area contributed by atoms with Gasteiger partial charge in [0.2, 0.25) is 5.91 Å². The second-order valence-corrected chi connectivity index (χ2v) is 6.18. The Morgan fingerprint density at radius 2 is 2.30 bits per heavy atom. The summed E-state index contributed by atoms with van der Waals surface area (Å²) in [7, 11) is 1.80. The molecule has 1 unspecified atom stereocenters. The third-order valence-corrected chi connectivity index (χ3v) is 4.84. The highest BCUT2D eigenvalue weighted by Crippen LogP contribution is 2.24. The molecule has 0 aromatic carbocycles. The van der Waals surface area contributed by atoms with Crippen LogP contribution < -0.4 is 0 Å². The van der Waals surface area contributed by atoms with Crippen LogP contribution in [0.3, 0.4) is 0 Å². The number of thiophene rings is 1. The number of carboxylic acids is 1. The lowest BCUT2D eigenvalue weighted by Gasteiger charge is -2.32. The lowest BCUT2D eigenvalue weighted by atomic mass is 10.1. The molecule has 0 aliphatic carbocycles. The Labute approximate surface area is 122 Å². The Balaban J connectivity index is 1.92. The first-order valence-corrected chi connectivity index (χ1v) is 7.63. The minimum absolute atomic E-state index is 0.0583. The van der Waals surface area contributed by atoms with Gasteiger partial charge in [0.25, 0.3) is 0 Å². The van der Waals surface area contributed by atoms with E-state index in [1.54, 1.807) is 23.3 Å². The van der Waals surface area contributed by atoms with Crippen LogP contribution >= 0.6 is 11.3 Å². The molecule has 0 bridgehead atoms. The first-order chi connectivity index (χ1) is 9.49. The molecule has 2 heterocycles. The van der Waals surface area contributed by atoms with E-state index in [1.165, 1.54) is 10.4 Å². The highest BCUT2D eigenvalue weighted by Gasteiger charge is 2.27. The van der Waals surface area contributed by atoms with Crippen molar-refractivity contribution >= 4 is 23.2 Å². The van der Waals surface area contributed by atoms with Crippen LogP contribution in [0.1, 0.15) is 23.8 Å². The highest BCUT2D eigenvalue weighted by atomic mass is 32.1. The van der Waals surface area contributed by atoms with Gasteiger partial charge in [-0.15, -0.1) is 11.3 Å².